The minimum atomic E-state index is 0.814. The topological polar surface area (TPSA) is 0 Å². The van der Waals surface area contributed by atoms with E-state index < -0.39 is 0 Å². The molecule has 0 aliphatic heterocycles. The number of fused-ring (bicyclic) bond motifs is 3. The van der Waals surface area contributed by atoms with Crippen molar-refractivity contribution in [2.45, 2.75) is 13.8 Å². The van der Waals surface area contributed by atoms with E-state index in [1.807, 2.05) is 26.0 Å². The Balaban J connectivity index is 2.51. The molecule has 3 heteroatoms. The first-order valence-electron chi connectivity index (χ1n) is 5.35. The van der Waals surface area contributed by atoms with Crippen LogP contribution in [0.1, 0.15) is 11.1 Å². The normalized spacial score (nSPS) is 11.5. The number of aryl methyl sites for hydroxylation is 2. The molecule has 3 aromatic rings. The Kier molecular flexibility index (Phi) is 2.58. The second-order valence-electron chi connectivity index (χ2n) is 4.30. The molecule has 0 atom stereocenters. The van der Waals surface area contributed by atoms with Gasteiger partial charge in [-0.1, -0.05) is 23.2 Å². The fourth-order valence-electron chi connectivity index (χ4n) is 2.02. The van der Waals surface area contributed by atoms with Crippen molar-refractivity contribution in [1.82, 2.24) is 0 Å². The van der Waals surface area contributed by atoms with Crippen LogP contribution in [0.4, 0.5) is 0 Å². The molecule has 17 heavy (non-hydrogen) atoms. The maximum atomic E-state index is 6.19. The summed E-state index contributed by atoms with van der Waals surface area (Å²) < 4.78 is 2.53. The van der Waals surface area contributed by atoms with Gasteiger partial charge in [0.05, 0.1) is 0 Å². The standard InChI is InChI=1S/C14H10Cl2S/c1-7-3-13-9(5-11(7)15)10-6-12(16)8(2)4-14(10)17-13/h3-6H,1-2H3. The SMILES string of the molecule is Cc1cc2sc3cc(C)c(Cl)cc3c2cc1Cl. The third-order valence-electron chi connectivity index (χ3n) is 3.03. The van der Waals surface area contributed by atoms with Crippen molar-refractivity contribution in [2.75, 3.05) is 0 Å². The van der Waals surface area contributed by atoms with Crippen molar-refractivity contribution in [2.24, 2.45) is 0 Å². The Bertz CT molecular complexity index is 679. The summed E-state index contributed by atoms with van der Waals surface area (Å²) in [5.41, 5.74) is 2.24. The van der Waals surface area contributed by atoms with Crippen LogP contribution in [0.5, 0.6) is 0 Å². The second-order valence-corrected chi connectivity index (χ2v) is 6.20. The molecule has 0 aliphatic rings. The minimum Gasteiger partial charge on any atom is -0.135 e. The highest BCUT2D eigenvalue weighted by molar-refractivity contribution is 7.25. The number of rotatable bonds is 0. The van der Waals surface area contributed by atoms with E-state index in [0.29, 0.717) is 0 Å². The van der Waals surface area contributed by atoms with Crippen molar-refractivity contribution in [3.63, 3.8) is 0 Å². The van der Waals surface area contributed by atoms with Gasteiger partial charge in [0.2, 0.25) is 0 Å². The monoisotopic (exact) mass is 280 g/mol. The molecule has 0 unspecified atom stereocenters. The average Bonchev–Trinajstić information content (AvgIpc) is 2.58. The van der Waals surface area contributed by atoms with Gasteiger partial charge in [0.1, 0.15) is 0 Å². The van der Waals surface area contributed by atoms with Gasteiger partial charge in [-0.15, -0.1) is 11.3 Å². The molecule has 0 bridgehead atoms. The van der Waals surface area contributed by atoms with Crippen LogP contribution in [0.15, 0.2) is 24.3 Å². The molecule has 86 valence electrons. The molecule has 2 aromatic carbocycles. The zero-order chi connectivity index (χ0) is 12.2. The quantitative estimate of drug-likeness (QED) is 0.475. The summed E-state index contributed by atoms with van der Waals surface area (Å²) in [6, 6.07) is 8.37. The van der Waals surface area contributed by atoms with Gasteiger partial charge in [0.15, 0.2) is 0 Å². The molecule has 0 radical (unpaired) electrons. The fourth-order valence-corrected chi connectivity index (χ4v) is 3.61. The molecule has 0 amide bonds. The lowest BCUT2D eigenvalue weighted by Gasteiger charge is -1.99. The van der Waals surface area contributed by atoms with Gasteiger partial charge in [-0.2, -0.15) is 0 Å². The molecule has 0 nitrogen and oxygen atoms in total. The van der Waals surface area contributed by atoms with Crippen LogP contribution in [0, 0.1) is 13.8 Å². The first-order valence-corrected chi connectivity index (χ1v) is 6.92. The van der Waals surface area contributed by atoms with Crippen LogP contribution in [-0.2, 0) is 0 Å². The zero-order valence-electron chi connectivity index (χ0n) is 9.47. The van der Waals surface area contributed by atoms with Crippen molar-refractivity contribution in [3.05, 3.63) is 45.4 Å². The highest BCUT2D eigenvalue weighted by Gasteiger charge is 2.09. The Morgan fingerprint density at radius 1 is 0.765 bits per heavy atom. The van der Waals surface area contributed by atoms with Gasteiger partial charge in [-0.3, -0.25) is 0 Å². The van der Waals surface area contributed by atoms with Gasteiger partial charge < -0.3 is 0 Å². The molecule has 0 saturated heterocycles. The highest BCUT2D eigenvalue weighted by Crippen LogP contribution is 2.38. The largest absolute Gasteiger partial charge is 0.135 e. The lowest BCUT2D eigenvalue weighted by Crippen LogP contribution is -1.75. The highest BCUT2D eigenvalue weighted by atomic mass is 35.5. The molecule has 0 saturated carbocycles. The number of hydrogen-bond donors (Lipinski definition) is 0. The lowest BCUT2D eigenvalue weighted by atomic mass is 10.1. The Hall–Kier alpha value is -0.760. The van der Waals surface area contributed by atoms with E-state index in [2.05, 4.69) is 12.1 Å². The summed E-state index contributed by atoms with van der Waals surface area (Å²) in [5, 5.41) is 4.02. The first kappa shape index (κ1) is 11.3. The third-order valence-corrected chi connectivity index (χ3v) is 4.96. The number of hydrogen-bond acceptors (Lipinski definition) is 1. The Morgan fingerprint density at radius 3 is 1.59 bits per heavy atom. The summed E-state index contributed by atoms with van der Waals surface area (Å²) in [4.78, 5) is 0. The minimum absolute atomic E-state index is 0.814. The summed E-state index contributed by atoms with van der Waals surface area (Å²) in [5.74, 6) is 0. The lowest BCUT2D eigenvalue weighted by molar-refractivity contribution is 1.51. The van der Waals surface area contributed by atoms with Crippen LogP contribution in [0.3, 0.4) is 0 Å². The van der Waals surface area contributed by atoms with E-state index in [0.717, 1.165) is 21.2 Å². The molecular formula is C14H10Cl2S. The Labute approximate surface area is 114 Å². The Morgan fingerprint density at radius 2 is 1.18 bits per heavy atom. The fraction of sp³-hybridized carbons (Fsp3) is 0.143. The molecule has 3 rings (SSSR count). The van der Waals surface area contributed by atoms with Gasteiger partial charge in [0.25, 0.3) is 0 Å². The van der Waals surface area contributed by atoms with Gasteiger partial charge in [-0.05, 0) is 49.2 Å². The van der Waals surface area contributed by atoms with E-state index in [4.69, 9.17) is 23.2 Å². The molecule has 0 N–H and O–H groups in total. The third kappa shape index (κ3) is 1.74. The molecule has 1 aromatic heterocycles. The zero-order valence-corrected chi connectivity index (χ0v) is 11.8. The maximum absolute atomic E-state index is 6.19. The van der Waals surface area contributed by atoms with Crippen molar-refractivity contribution in [1.29, 1.82) is 0 Å². The van der Waals surface area contributed by atoms with Crippen molar-refractivity contribution < 1.29 is 0 Å². The average molecular weight is 281 g/mol. The van der Waals surface area contributed by atoms with E-state index in [-0.39, 0.29) is 0 Å². The molecule has 1 heterocycles. The summed E-state index contributed by atoms with van der Waals surface area (Å²) in [7, 11) is 0. The predicted molar refractivity (Wildman–Crippen MR) is 78.8 cm³/mol. The van der Waals surface area contributed by atoms with Gasteiger partial charge in [-0.25, -0.2) is 0 Å². The number of halogens is 2. The summed E-state index contributed by atoms with van der Waals surface area (Å²) in [6.45, 7) is 4.06. The van der Waals surface area contributed by atoms with Crippen molar-refractivity contribution in [3.8, 4) is 0 Å². The van der Waals surface area contributed by atoms with E-state index in [1.165, 1.54) is 20.2 Å². The van der Waals surface area contributed by atoms with E-state index in [1.54, 1.807) is 11.3 Å². The van der Waals surface area contributed by atoms with Crippen molar-refractivity contribution >= 4 is 54.7 Å². The van der Waals surface area contributed by atoms with Crippen LogP contribution < -0.4 is 0 Å². The molecule has 0 fully saturated rings. The van der Waals surface area contributed by atoms with E-state index >= 15 is 0 Å². The van der Waals surface area contributed by atoms with E-state index in [9.17, 15) is 0 Å². The van der Waals surface area contributed by atoms with Crippen LogP contribution >= 0.6 is 34.5 Å². The first-order chi connectivity index (χ1) is 8.06. The summed E-state index contributed by atoms with van der Waals surface area (Å²) in [6.07, 6.45) is 0. The van der Waals surface area contributed by atoms with Gasteiger partial charge >= 0.3 is 0 Å². The maximum Gasteiger partial charge on any atom is 0.0442 e. The van der Waals surface area contributed by atoms with Gasteiger partial charge in [0, 0.05) is 30.2 Å². The van der Waals surface area contributed by atoms with Crippen LogP contribution in [0.2, 0.25) is 10.0 Å². The summed E-state index contributed by atoms with van der Waals surface area (Å²) >= 11 is 14.2. The smallest absolute Gasteiger partial charge is 0.0442 e. The molecular weight excluding hydrogens is 271 g/mol. The second kappa shape index (κ2) is 3.88. The predicted octanol–water partition coefficient (Wildman–Crippen LogP) is 5.98. The van der Waals surface area contributed by atoms with Crippen LogP contribution in [0.25, 0.3) is 20.2 Å². The van der Waals surface area contributed by atoms with Crippen LogP contribution in [-0.4, -0.2) is 0 Å². The number of thiophene rings is 1. The molecule has 0 spiro atoms. The molecule has 0 aliphatic carbocycles. The number of benzene rings is 2.